The number of hydrogen-bond acceptors (Lipinski definition) is 5. The zero-order valence-electron chi connectivity index (χ0n) is 10.4. The largest absolute Gasteiger partial charge is 0.439 e. The summed E-state index contributed by atoms with van der Waals surface area (Å²) in [5.74, 6) is 0.456. The fourth-order valence-electron chi connectivity index (χ4n) is 1.75. The zero-order valence-corrected chi connectivity index (χ0v) is 11.2. The first-order valence-electron chi connectivity index (χ1n) is 5.78. The van der Waals surface area contributed by atoms with Crippen LogP contribution in [0.15, 0.2) is 27.5 Å². The van der Waals surface area contributed by atoms with Crippen molar-refractivity contribution in [3.8, 4) is 0 Å². The summed E-state index contributed by atoms with van der Waals surface area (Å²) in [5.41, 5.74) is 7.01. The monoisotopic (exact) mass is 268 g/mol. The van der Waals surface area contributed by atoms with Crippen LogP contribution in [0.5, 0.6) is 0 Å². The number of rotatable bonds is 4. The molecular weight excluding hydrogens is 252 g/mol. The van der Waals surface area contributed by atoms with Crippen LogP contribution in [-0.2, 0) is 9.84 Å². The van der Waals surface area contributed by atoms with Gasteiger partial charge in [0.15, 0.2) is 15.4 Å². The number of sulfone groups is 1. The van der Waals surface area contributed by atoms with E-state index in [0.29, 0.717) is 17.0 Å². The lowest BCUT2D eigenvalue weighted by molar-refractivity contribution is 0.456. The van der Waals surface area contributed by atoms with E-state index in [4.69, 9.17) is 10.2 Å². The Balaban J connectivity index is 2.46. The maximum Gasteiger partial charge on any atom is 0.212 e. The predicted octanol–water partition coefficient (Wildman–Crippen LogP) is 2.03. The molecule has 0 aliphatic heterocycles. The van der Waals surface area contributed by atoms with E-state index in [1.54, 1.807) is 6.07 Å². The van der Waals surface area contributed by atoms with E-state index in [9.17, 15) is 8.42 Å². The van der Waals surface area contributed by atoms with Gasteiger partial charge in [-0.2, -0.15) is 0 Å². The summed E-state index contributed by atoms with van der Waals surface area (Å²) in [6.07, 6.45) is 2.89. The first kappa shape index (κ1) is 13.0. The minimum absolute atomic E-state index is 0.235. The molecule has 1 aromatic carbocycles. The molecule has 0 amide bonds. The molecule has 0 radical (unpaired) electrons. The summed E-state index contributed by atoms with van der Waals surface area (Å²) in [6, 6.07) is 4.39. The Morgan fingerprint density at radius 3 is 2.78 bits per heavy atom. The molecule has 5 nitrogen and oxygen atoms in total. The summed E-state index contributed by atoms with van der Waals surface area (Å²) in [5, 5.41) is 0. The maximum absolute atomic E-state index is 11.4. The number of nitrogens with zero attached hydrogens (tertiary/aromatic N) is 1. The molecule has 18 heavy (non-hydrogen) atoms. The van der Waals surface area contributed by atoms with Gasteiger partial charge in [-0.25, -0.2) is 13.4 Å². The fourth-order valence-corrected chi connectivity index (χ4v) is 2.39. The lowest BCUT2D eigenvalue weighted by atomic mass is 10.2. The second-order valence-electron chi connectivity index (χ2n) is 4.35. The number of benzene rings is 1. The van der Waals surface area contributed by atoms with Gasteiger partial charge >= 0.3 is 0 Å². The number of oxazole rings is 1. The van der Waals surface area contributed by atoms with Gasteiger partial charge in [0.25, 0.3) is 0 Å². The Labute approximate surface area is 106 Å². The van der Waals surface area contributed by atoms with Gasteiger partial charge in [0, 0.05) is 6.26 Å². The van der Waals surface area contributed by atoms with Crippen LogP contribution >= 0.6 is 0 Å². The van der Waals surface area contributed by atoms with E-state index < -0.39 is 9.84 Å². The van der Waals surface area contributed by atoms with Crippen molar-refractivity contribution in [2.75, 3.05) is 6.26 Å². The second-order valence-corrected chi connectivity index (χ2v) is 6.36. The topological polar surface area (TPSA) is 86.2 Å². The average Bonchev–Trinajstić information content (AvgIpc) is 2.70. The van der Waals surface area contributed by atoms with Crippen LogP contribution in [0.2, 0.25) is 0 Å². The van der Waals surface area contributed by atoms with Crippen molar-refractivity contribution in [1.82, 2.24) is 4.98 Å². The first-order chi connectivity index (χ1) is 8.41. The Morgan fingerprint density at radius 2 is 2.17 bits per heavy atom. The van der Waals surface area contributed by atoms with Gasteiger partial charge in [-0.15, -0.1) is 0 Å². The van der Waals surface area contributed by atoms with Gasteiger partial charge in [-0.1, -0.05) is 13.3 Å². The van der Waals surface area contributed by atoms with E-state index >= 15 is 0 Å². The highest BCUT2D eigenvalue weighted by Crippen LogP contribution is 2.23. The third kappa shape index (κ3) is 2.54. The van der Waals surface area contributed by atoms with E-state index in [1.165, 1.54) is 12.1 Å². The van der Waals surface area contributed by atoms with Crippen LogP contribution in [0.1, 0.15) is 31.7 Å². The quantitative estimate of drug-likeness (QED) is 0.916. The number of aromatic nitrogens is 1. The SMILES string of the molecule is CCCC(N)c1nc2cc(S(C)(=O)=O)ccc2o1. The molecule has 0 saturated heterocycles. The normalized spacial score (nSPS) is 13.9. The van der Waals surface area contributed by atoms with Crippen molar-refractivity contribution in [1.29, 1.82) is 0 Å². The van der Waals surface area contributed by atoms with Crippen molar-refractivity contribution in [2.24, 2.45) is 5.73 Å². The summed E-state index contributed by atoms with van der Waals surface area (Å²) < 4.78 is 28.4. The summed E-state index contributed by atoms with van der Waals surface area (Å²) in [4.78, 5) is 4.48. The van der Waals surface area contributed by atoms with Crippen molar-refractivity contribution < 1.29 is 12.8 Å². The molecule has 1 aromatic heterocycles. The Bertz CT molecular complexity index is 661. The molecule has 6 heteroatoms. The maximum atomic E-state index is 11.4. The number of nitrogens with two attached hydrogens (primary N) is 1. The fraction of sp³-hybridized carbons (Fsp3) is 0.417. The van der Waals surface area contributed by atoms with E-state index in [-0.39, 0.29) is 10.9 Å². The molecule has 0 spiro atoms. The molecule has 98 valence electrons. The highest BCUT2D eigenvalue weighted by molar-refractivity contribution is 7.90. The average molecular weight is 268 g/mol. The summed E-state index contributed by atoms with van der Waals surface area (Å²) in [7, 11) is -3.23. The third-order valence-corrected chi connectivity index (χ3v) is 3.83. The van der Waals surface area contributed by atoms with E-state index in [0.717, 1.165) is 19.1 Å². The van der Waals surface area contributed by atoms with E-state index in [2.05, 4.69) is 4.98 Å². The molecule has 1 heterocycles. The number of hydrogen-bond donors (Lipinski definition) is 1. The first-order valence-corrected chi connectivity index (χ1v) is 7.67. The van der Waals surface area contributed by atoms with Crippen molar-refractivity contribution in [2.45, 2.75) is 30.7 Å². The third-order valence-electron chi connectivity index (χ3n) is 2.72. The molecule has 0 bridgehead atoms. The molecule has 0 fully saturated rings. The highest BCUT2D eigenvalue weighted by atomic mass is 32.2. The molecule has 2 rings (SSSR count). The molecule has 1 unspecified atom stereocenters. The molecule has 0 saturated carbocycles. The molecule has 1 atom stereocenters. The summed E-state index contributed by atoms with van der Waals surface area (Å²) in [6.45, 7) is 2.03. The highest BCUT2D eigenvalue weighted by Gasteiger charge is 2.15. The van der Waals surface area contributed by atoms with Crippen LogP contribution in [0.3, 0.4) is 0 Å². The smallest absolute Gasteiger partial charge is 0.212 e. The second kappa shape index (κ2) is 4.70. The minimum atomic E-state index is -3.23. The minimum Gasteiger partial charge on any atom is -0.439 e. The van der Waals surface area contributed by atoms with Gasteiger partial charge in [-0.3, -0.25) is 0 Å². The van der Waals surface area contributed by atoms with Crippen LogP contribution < -0.4 is 5.73 Å². The molecular formula is C12H16N2O3S. The lowest BCUT2D eigenvalue weighted by Gasteiger charge is -2.03. The van der Waals surface area contributed by atoms with Crippen LogP contribution in [0, 0.1) is 0 Å². The van der Waals surface area contributed by atoms with Crippen LogP contribution in [0.4, 0.5) is 0 Å². The molecule has 0 aliphatic rings. The Hall–Kier alpha value is -1.40. The van der Waals surface area contributed by atoms with Crippen molar-refractivity contribution >= 4 is 20.9 Å². The molecule has 2 aromatic rings. The molecule has 0 aliphatic carbocycles. The van der Waals surface area contributed by atoms with Crippen LogP contribution in [0.25, 0.3) is 11.1 Å². The molecule has 2 N–H and O–H groups in total. The zero-order chi connectivity index (χ0) is 13.3. The van der Waals surface area contributed by atoms with Gasteiger partial charge in [-0.05, 0) is 24.6 Å². The van der Waals surface area contributed by atoms with Gasteiger partial charge in [0.2, 0.25) is 5.89 Å². The van der Waals surface area contributed by atoms with Gasteiger partial charge in [0.1, 0.15) is 5.52 Å². The van der Waals surface area contributed by atoms with E-state index in [1.807, 2.05) is 6.92 Å². The Kier molecular flexibility index (Phi) is 3.41. The number of fused-ring (bicyclic) bond motifs is 1. The lowest BCUT2D eigenvalue weighted by Crippen LogP contribution is -2.09. The van der Waals surface area contributed by atoms with Crippen molar-refractivity contribution in [3.05, 3.63) is 24.1 Å². The Morgan fingerprint density at radius 1 is 1.44 bits per heavy atom. The van der Waals surface area contributed by atoms with Gasteiger partial charge < -0.3 is 10.2 Å². The van der Waals surface area contributed by atoms with Crippen LogP contribution in [-0.4, -0.2) is 19.7 Å². The standard InChI is InChI=1S/C12H16N2O3S/c1-3-4-9(13)12-14-10-7-8(18(2,15)16)5-6-11(10)17-12/h5-7,9H,3-4,13H2,1-2H3. The predicted molar refractivity (Wildman–Crippen MR) is 69.0 cm³/mol. The van der Waals surface area contributed by atoms with Crippen molar-refractivity contribution in [3.63, 3.8) is 0 Å². The van der Waals surface area contributed by atoms with Gasteiger partial charge in [0.05, 0.1) is 10.9 Å². The summed E-state index contributed by atoms with van der Waals surface area (Å²) >= 11 is 0.